The summed E-state index contributed by atoms with van der Waals surface area (Å²) < 4.78 is 0. The maximum atomic E-state index is 12.1. The van der Waals surface area contributed by atoms with E-state index in [0.29, 0.717) is 6.42 Å². The molecule has 0 radical (unpaired) electrons. The van der Waals surface area contributed by atoms with Gasteiger partial charge in [0.05, 0.1) is 18.6 Å². The summed E-state index contributed by atoms with van der Waals surface area (Å²) in [7, 11) is 0. The smallest absolute Gasteiger partial charge is 0.224 e. The number of nitrogens with one attached hydrogen (secondary N) is 1. The van der Waals surface area contributed by atoms with E-state index in [1.165, 1.54) is 5.56 Å². The molecule has 3 heteroatoms. The highest BCUT2D eigenvalue weighted by Crippen LogP contribution is 2.18. The van der Waals surface area contributed by atoms with Crippen LogP contribution in [0.15, 0.2) is 18.2 Å². The van der Waals surface area contributed by atoms with Crippen molar-refractivity contribution in [1.29, 1.82) is 0 Å². The highest BCUT2D eigenvalue weighted by molar-refractivity contribution is 5.79. The molecule has 0 heterocycles. The number of aliphatic hydroxyl groups excluding tert-OH is 1. The van der Waals surface area contributed by atoms with Gasteiger partial charge in [-0.15, -0.1) is 0 Å². The molecule has 0 spiro atoms. The number of carbonyl (C=O) groups is 1. The van der Waals surface area contributed by atoms with Gasteiger partial charge in [0, 0.05) is 0 Å². The van der Waals surface area contributed by atoms with E-state index >= 15 is 0 Å². The first-order chi connectivity index (χ1) is 9.06. The Morgan fingerprint density at radius 1 is 1.32 bits per heavy atom. The average molecular weight is 261 g/mol. The van der Waals surface area contributed by atoms with Crippen LogP contribution in [0, 0.1) is 13.8 Å². The number of hydrogen-bond donors (Lipinski definition) is 2. The molecule has 1 aromatic rings. The van der Waals surface area contributed by atoms with Gasteiger partial charge in [-0.1, -0.05) is 36.6 Å². The molecular formula is C16H23NO2. The topological polar surface area (TPSA) is 49.3 Å². The minimum absolute atomic E-state index is 0.0136. The van der Waals surface area contributed by atoms with Crippen molar-refractivity contribution < 1.29 is 9.90 Å². The number of rotatable bonds is 3. The van der Waals surface area contributed by atoms with Crippen LogP contribution in [0.3, 0.4) is 0 Å². The fourth-order valence-electron chi connectivity index (χ4n) is 2.70. The summed E-state index contributed by atoms with van der Waals surface area (Å²) in [5.74, 6) is 0.0136. The third-order valence-corrected chi connectivity index (χ3v) is 3.93. The molecule has 2 N–H and O–H groups in total. The summed E-state index contributed by atoms with van der Waals surface area (Å²) in [4.78, 5) is 12.1. The first kappa shape index (κ1) is 14.1. The zero-order chi connectivity index (χ0) is 13.8. The first-order valence-electron chi connectivity index (χ1n) is 7.10. The van der Waals surface area contributed by atoms with Crippen molar-refractivity contribution in [3.05, 3.63) is 34.9 Å². The van der Waals surface area contributed by atoms with Gasteiger partial charge < -0.3 is 10.4 Å². The zero-order valence-corrected chi connectivity index (χ0v) is 11.8. The highest BCUT2D eigenvalue weighted by atomic mass is 16.3. The van der Waals surface area contributed by atoms with Crippen LogP contribution in [0.5, 0.6) is 0 Å². The molecule has 0 aliphatic heterocycles. The van der Waals surface area contributed by atoms with E-state index in [2.05, 4.69) is 17.4 Å². The molecule has 1 fully saturated rings. The number of aryl methyl sites for hydroxylation is 2. The zero-order valence-electron chi connectivity index (χ0n) is 11.8. The summed E-state index contributed by atoms with van der Waals surface area (Å²) in [6.45, 7) is 4.06. The van der Waals surface area contributed by atoms with Crippen LogP contribution in [0.4, 0.5) is 0 Å². The number of amides is 1. The van der Waals surface area contributed by atoms with Crippen LogP contribution in [0.25, 0.3) is 0 Å². The lowest BCUT2D eigenvalue weighted by Crippen LogP contribution is -2.45. The second kappa shape index (κ2) is 6.20. The van der Waals surface area contributed by atoms with Crippen LogP contribution in [0.2, 0.25) is 0 Å². The Morgan fingerprint density at radius 2 is 2.05 bits per heavy atom. The van der Waals surface area contributed by atoms with Crippen molar-refractivity contribution in [1.82, 2.24) is 5.32 Å². The normalized spacial score (nSPS) is 23.1. The Morgan fingerprint density at radius 3 is 2.79 bits per heavy atom. The first-order valence-corrected chi connectivity index (χ1v) is 7.10. The van der Waals surface area contributed by atoms with Gasteiger partial charge in [0.15, 0.2) is 0 Å². The molecular weight excluding hydrogens is 238 g/mol. The van der Waals surface area contributed by atoms with Gasteiger partial charge in [-0.05, 0) is 37.8 Å². The van der Waals surface area contributed by atoms with Crippen LogP contribution >= 0.6 is 0 Å². The van der Waals surface area contributed by atoms with E-state index in [9.17, 15) is 9.90 Å². The van der Waals surface area contributed by atoms with Gasteiger partial charge in [0.2, 0.25) is 5.91 Å². The van der Waals surface area contributed by atoms with Crippen LogP contribution < -0.4 is 5.32 Å². The molecule has 3 nitrogen and oxygen atoms in total. The van der Waals surface area contributed by atoms with E-state index in [-0.39, 0.29) is 18.1 Å². The van der Waals surface area contributed by atoms with Gasteiger partial charge in [0.25, 0.3) is 0 Å². The third kappa shape index (κ3) is 3.80. The standard InChI is InChI=1S/C16H23NO2/c1-11-7-8-12(2)13(9-11)10-16(19)17-14-5-3-4-6-15(14)18/h7-9,14-15,18H,3-6,10H2,1-2H3,(H,17,19)/t14-,15-/m0/s1. The number of hydrogen-bond acceptors (Lipinski definition) is 2. The highest BCUT2D eigenvalue weighted by Gasteiger charge is 2.24. The molecule has 0 aromatic heterocycles. The van der Waals surface area contributed by atoms with Gasteiger partial charge in [-0.25, -0.2) is 0 Å². The van der Waals surface area contributed by atoms with Gasteiger partial charge in [-0.3, -0.25) is 4.79 Å². The van der Waals surface area contributed by atoms with Crippen LogP contribution in [-0.4, -0.2) is 23.2 Å². The van der Waals surface area contributed by atoms with Crippen molar-refractivity contribution in [2.45, 2.75) is 58.1 Å². The Kier molecular flexibility index (Phi) is 4.59. The minimum Gasteiger partial charge on any atom is -0.391 e. The van der Waals surface area contributed by atoms with Crippen LogP contribution in [0.1, 0.15) is 42.4 Å². The molecule has 2 atom stereocenters. The maximum absolute atomic E-state index is 12.1. The van der Waals surface area contributed by atoms with E-state index in [1.54, 1.807) is 0 Å². The van der Waals surface area contributed by atoms with Crippen molar-refractivity contribution in [3.63, 3.8) is 0 Å². The summed E-state index contributed by atoms with van der Waals surface area (Å²) in [5, 5.41) is 12.8. The molecule has 1 aliphatic rings. The SMILES string of the molecule is Cc1ccc(C)c(CC(=O)N[C@H]2CCCC[C@@H]2O)c1. The van der Waals surface area contributed by atoms with E-state index < -0.39 is 0 Å². The molecule has 1 saturated carbocycles. The predicted molar refractivity (Wildman–Crippen MR) is 76.0 cm³/mol. The summed E-state index contributed by atoms with van der Waals surface area (Å²) in [6, 6.07) is 6.10. The number of benzene rings is 1. The van der Waals surface area contributed by atoms with Gasteiger partial charge in [-0.2, -0.15) is 0 Å². The lowest BCUT2D eigenvalue weighted by atomic mass is 9.92. The fourth-order valence-corrected chi connectivity index (χ4v) is 2.70. The third-order valence-electron chi connectivity index (χ3n) is 3.93. The predicted octanol–water partition coefficient (Wildman–Crippen LogP) is 2.27. The molecule has 1 aromatic carbocycles. The maximum Gasteiger partial charge on any atom is 0.224 e. The second-order valence-electron chi connectivity index (χ2n) is 5.63. The molecule has 19 heavy (non-hydrogen) atoms. The monoisotopic (exact) mass is 261 g/mol. The van der Waals surface area contributed by atoms with E-state index in [0.717, 1.165) is 36.8 Å². The lowest BCUT2D eigenvalue weighted by molar-refractivity contribution is -0.122. The molecule has 0 bridgehead atoms. The van der Waals surface area contributed by atoms with Gasteiger partial charge >= 0.3 is 0 Å². The molecule has 1 aliphatic carbocycles. The molecule has 0 unspecified atom stereocenters. The van der Waals surface area contributed by atoms with Crippen molar-refractivity contribution >= 4 is 5.91 Å². The Balaban J connectivity index is 1.95. The minimum atomic E-state index is -0.378. The lowest BCUT2D eigenvalue weighted by Gasteiger charge is -2.28. The Bertz CT molecular complexity index is 456. The van der Waals surface area contributed by atoms with Crippen LogP contribution in [-0.2, 0) is 11.2 Å². The summed E-state index contributed by atoms with van der Waals surface area (Å²) in [6.07, 6.45) is 3.86. The molecule has 2 rings (SSSR count). The molecule has 104 valence electrons. The van der Waals surface area contributed by atoms with Crippen molar-refractivity contribution in [2.24, 2.45) is 0 Å². The van der Waals surface area contributed by atoms with E-state index in [4.69, 9.17) is 0 Å². The molecule has 1 amide bonds. The van der Waals surface area contributed by atoms with Crippen molar-refractivity contribution in [2.75, 3.05) is 0 Å². The largest absolute Gasteiger partial charge is 0.391 e. The Labute approximate surface area is 115 Å². The summed E-state index contributed by atoms with van der Waals surface area (Å²) >= 11 is 0. The number of aliphatic hydroxyl groups is 1. The van der Waals surface area contributed by atoms with E-state index in [1.807, 2.05) is 19.9 Å². The Hall–Kier alpha value is -1.35. The second-order valence-corrected chi connectivity index (χ2v) is 5.63. The van der Waals surface area contributed by atoms with Gasteiger partial charge in [0.1, 0.15) is 0 Å². The average Bonchev–Trinajstić information content (AvgIpc) is 2.37. The van der Waals surface area contributed by atoms with Crippen molar-refractivity contribution in [3.8, 4) is 0 Å². The number of carbonyl (C=O) groups excluding carboxylic acids is 1. The summed E-state index contributed by atoms with van der Waals surface area (Å²) in [5.41, 5.74) is 3.39. The molecule has 0 saturated heterocycles. The quantitative estimate of drug-likeness (QED) is 0.877. The fraction of sp³-hybridized carbons (Fsp3) is 0.562.